The molecule has 0 bridgehead atoms. The second kappa shape index (κ2) is 7.53. The Labute approximate surface area is 156 Å². The first-order valence-corrected chi connectivity index (χ1v) is 11.2. The molecule has 0 aliphatic carbocycles. The summed E-state index contributed by atoms with van der Waals surface area (Å²) < 4.78 is 2.10. The first kappa shape index (κ1) is 15.9. The molecule has 0 spiro atoms. The topological polar surface area (TPSA) is 25.8 Å². The van der Waals surface area contributed by atoms with Gasteiger partial charge in [-0.25, -0.2) is 9.97 Å². The zero-order chi connectivity index (χ0) is 16.2. The molecule has 24 heavy (non-hydrogen) atoms. The van der Waals surface area contributed by atoms with Gasteiger partial charge in [0, 0.05) is 21.9 Å². The van der Waals surface area contributed by atoms with Crippen molar-refractivity contribution >= 4 is 44.3 Å². The van der Waals surface area contributed by atoms with E-state index in [0.29, 0.717) is 0 Å². The fraction of sp³-hybridized carbons (Fsp3) is 0. The first-order valence-electron chi connectivity index (χ1n) is 7.25. The zero-order valence-corrected chi connectivity index (χ0v) is 15.7. The maximum Gasteiger partial charge on any atom is 0.161 e. The minimum absolute atomic E-state index is 1.04. The van der Waals surface area contributed by atoms with Gasteiger partial charge in [-0.15, -0.1) is 22.7 Å². The maximum absolute atomic E-state index is 4.70. The van der Waals surface area contributed by atoms with E-state index < -0.39 is 0 Å². The lowest BCUT2D eigenvalue weighted by atomic mass is 10.2. The van der Waals surface area contributed by atoms with Gasteiger partial charge in [-0.3, -0.25) is 0 Å². The minimum Gasteiger partial charge on any atom is -0.229 e. The zero-order valence-electron chi connectivity index (χ0n) is 12.5. The predicted octanol–water partition coefficient (Wildman–Crippen LogP) is 6.73. The van der Waals surface area contributed by atoms with Crippen molar-refractivity contribution in [1.82, 2.24) is 9.97 Å². The van der Waals surface area contributed by atoms with Crippen molar-refractivity contribution in [3.05, 3.63) is 71.4 Å². The van der Waals surface area contributed by atoms with E-state index in [1.165, 1.54) is 0 Å². The summed E-state index contributed by atoms with van der Waals surface area (Å²) in [5.41, 5.74) is 4.39. The van der Waals surface area contributed by atoms with Crippen molar-refractivity contribution in [3.8, 4) is 22.5 Å². The standard InChI is InChI=1S/C18H12N2S4/c1-3-7-13(8-4-1)15-11-21-17(19-15)23-24-18-20-16(12-22-18)14-9-5-2-6-10-14/h1-12H. The summed E-state index contributed by atoms with van der Waals surface area (Å²) >= 11 is 3.35. The van der Waals surface area contributed by atoms with Crippen molar-refractivity contribution in [2.75, 3.05) is 0 Å². The molecule has 0 aliphatic heterocycles. The quantitative estimate of drug-likeness (QED) is 0.356. The third kappa shape index (κ3) is 3.72. The van der Waals surface area contributed by atoms with Crippen molar-refractivity contribution < 1.29 is 0 Å². The van der Waals surface area contributed by atoms with E-state index in [9.17, 15) is 0 Å². The third-order valence-electron chi connectivity index (χ3n) is 3.29. The highest BCUT2D eigenvalue weighted by Gasteiger charge is 2.09. The summed E-state index contributed by atoms with van der Waals surface area (Å²) in [5.74, 6) is 0. The number of hydrogen-bond acceptors (Lipinski definition) is 6. The van der Waals surface area contributed by atoms with Crippen LogP contribution in [0.2, 0.25) is 0 Å². The number of hydrogen-bond donors (Lipinski definition) is 0. The first-order chi connectivity index (χ1) is 11.9. The van der Waals surface area contributed by atoms with Crippen LogP contribution in [-0.4, -0.2) is 9.97 Å². The normalized spacial score (nSPS) is 10.8. The fourth-order valence-corrected chi connectivity index (χ4v) is 6.24. The highest BCUT2D eigenvalue weighted by Crippen LogP contribution is 2.42. The van der Waals surface area contributed by atoms with Crippen molar-refractivity contribution in [3.63, 3.8) is 0 Å². The van der Waals surface area contributed by atoms with Crippen LogP contribution in [-0.2, 0) is 0 Å². The van der Waals surface area contributed by atoms with Crippen molar-refractivity contribution in [2.24, 2.45) is 0 Å². The van der Waals surface area contributed by atoms with Gasteiger partial charge in [0.15, 0.2) is 8.68 Å². The van der Waals surface area contributed by atoms with Gasteiger partial charge in [0.1, 0.15) is 0 Å². The fourth-order valence-electron chi connectivity index (χ4n) is 2.15. The molecule has 2 nitrogen and oxygen atoms in total. The Bertz CT molecular complexity index is 839. The van der Waals surface area contributed by atoms with E-state index in [1.807, 2.05) is 36.4 Å². The summed E-state index contributed by atoms with van der Waals surface area (Å²) in [6, 6.07) is 20.5. The Kier molecular flexibility index (Phi) is 4.99. The molecule has 2 aromatic heterocycles. The van der Waals surface area contributed by atoms with Gasteiger partial charge in [0.05, 0.1) is 11.4 Å². The molecule has 2 heterocycles. The van der Waals surface area contributed by atoms with E-state index in [0.717, 1.165) is 31.2 Å². The maximum atomic E-state index is 4.70. The molecule has 0 saturated carbocycles. The van der Waals surface area contributed by atoms with Crippen LogP contribution in [0.25, 0.3) is 22.5 Å². The van der Waals surface area contributed by atoms with E-state index in [4.69, 9.17) is 9.97 Å². The molecular weight excluding hydrogens is 372 g/mol. The second-order valence-electron chi connectivity index (χ2n) is 4.90. The van der Waals surface area contributed by atoms with E-state index in [-0.39, 0.29) is 0 Å². The van der Waals surface area contributed by atoms with Gasteiger partial charge in [0.2, 0.25) is 0 Å². The Morgan fingerprint density at radius 2 is 1.00 bits per heavy atom. The lowest BCUT2D eigenvalue weighted by Crippen LogP contribution is -1.76. The Morgan fingerprint density at radius 3 is 1.42 bits per heavy atom. The highest BCUT2D eigenvalue weighted by molar-refractivity contribution is 8.77. The van der Waals surface area contributed by atoms with Crippen LogP contribution in [0, 0.1) is 0 Å². The number of nitrogens with zero attached hydrogens (tertiary/aromatic N) is 2. The Hall–Kier alpha value is -1.60. The van der Waals surface area contributed by atoms with Gasteiger partial charge in [-0.05, 0) is 21.6 Å². The molecule has 4 aromatic rings. The predicted molar refractivity (Wildman–Crippen MR) is 107 cm³/mol. The van der Waals surface area contributed by atoms with E-state index in [1.54, 1.807) is 44.3 Å². The van der Waals surface area contributed by atoms with Crippen LogP contribution in [0.3, 0.4) is 0 Å². The second-order valence-corrected chi connectivity index (χ2v) is 9.24. The summed E-state index contributed by atoms with van der Waals surface area (Å²) in [6.07, 6.45) is 0. The average molecular weight is 385 g/mol. The monoisotopic (exact) mass is 384 g/mol. The van der Waals surface area contributed by atoms with Crippen molar-refractivity contribution in [1.29, 1.82) is 0 Å². The molecule has 2 aromatic carbocycles. The van der Waals surface area contributed by atoms with Crippen molar-refractivity contribution in [2.45, 2.75) is 8.68 Å². The van der Waals surface area contributed by atoms with E-state index in [2.05, 4.69) is 35.0 Å². The SMILES string of the molecule is c1ccc(-c2csc(SSc3nc(-c4ccccc4)cs3)n2)cc1. The lowest BCUT2D eigenvalue weighted by molar-refractivity contribution is 1.25. The molecule has 0 saturated heterocycles. The molecule has 0 fully saturated rings. The molecule has 0 amide bonds. The smallest absolute Gasteiger partial charge is 0.161 e. The summed E-state index contributed by atoms with van der Waals surface area (Å²) in [7, 11) is 3.34. The average Bonchev–Trinajstić information content (AvgIpc) is 3.31. The summed E-state index contributed by atoms with van der Waals surface area (Å²) in [5, 5.41) is 4.21. The molecule has 0 N–H and O–H groups in total. The number of rotatable bonds is 5. The van der Waals surface area contributed by atoms with Crippen LogP contribution in [0.15, 0.2) is 80.1 Å². The van der Waals surface area contributed by atoms with Crippen LogP contribution >= 0.6 is 44.3 Å². The minimum atomic E-state index is 1.04. The highest BCUT2D eigenvalue weighted by atomic mass is 33.1. The van der Waals surface area contributed by atoms with Gasteiger partial charge in [-0.2, -0.15) is 0 Å². The molecule has 6 heteroatoms. The summed E-state index contributed by atoms with van der Waals surface area (Å²) in [4.78, 5) is 9.40. The number of aromatic nitrogens is 2. The summed E-state index contributed by atoms with van der Waals surface area (Å²) in [6.45, 7) is 0. The number of thiazole rings is 2. The van der Waals surface area contributed by atoms with Crippen LogP contribution in [0.5, 0.6) is 0 Å². The Balaban J connectivity index is 1.43. The molecular formula is C18H12N2S4. The third-order valence-corrected chi connectivity index (χ3v) is 8.02. The Morgan fingerprint density at radius 1 is 0.583 bits per heavy atom. The molecule has 0 atom stereocenters. The van der Waals surface area contributed by atoms with Gasteiger partial charge >= 0.3 is 0 Å². The molecule has 4 rings (SSSR count). The lowest BCUT2D eigenvalue weighted by Gasteiger charge is -1.95. The largest absolute Gasteiger partial charge is 0.229 e. The molecule has 0 radical (unpaired) electrons. The van der Waals surface area contributed by atoms with Gasteiger partial charge in [-0.1, -0.05) is 60.7 Å². The van der Waals surface area contributed by atoms with Crippen LogP contribution in [0.1, 0.15) is 0 Å². The molecule has 0 unspecified atom stereocenters. The van der Waals surface area contributed by atoms with E-state index >= 15 is 0 Å². The molecule has 0 aliphatic rings. The number of benzene rings is 2. The molecule has 118 valence electrons. The van der Waals surface area contributed by atoms with Gasteiger partial charge in [0.25, 0.3) is 0 Å². The van der Waals surface area contributed by atoms with Gasteiger partial charge < -0.3 is 0 Å². The van der Waals surface area contributed by atoms with Crippen LogP contribution in [0.4, 0.5) is 0 Å². The van der Waals surface area contributed by atoms with Crippen LogP contribution < -0.4 is 0 Å².